The van der Waals surface area contributed by atoms with Gasteiger partial charge >= 0.3 is 0 Å². The minimum absolute atomic E-state index is 1.14. The second-order valence-electron chi connectivity index (χ2n) is 0.766. The quantitative estimate of drug-likeness (QED) is 0.348. The van der Waals surface area contributed by atoms with E-state index >= 15 is 0 Å². The lowest BCUT2D eigenvalue weighted by Crippen LogP contribution is -1.58. The standard InChI is InChI=1S/C4H7I/c1-2-3-4-5/h2H,1,3-4H2. The van der Waals surface area contributed by atoms with Crippen LogP contribution in [0.1, 0.15) is 6.42 Å². The molecule has 0 aliphatic heterocycles. The van der Waals surface area contributed by atoms with E-state index in [1.807, 2.05) is 6.08 Å². The summed E-state index contributed by atoms with van der Waals surface area (Å²) in [7, 11) is 0. The van der Waals surface area contributed by atoms with Crippen molar-refractivity contribution >= 4 is 22.6 Å². The summed E-state index contributed by atoms with van der Waals surface area (Å²) in [5.74, 6) is 0. The molecule has 0 aromatic heterocycles. The first kappa shape index (κ1) is 5.47. The van der Waals surface area contributed by atoms with Crippen molar-refractivity contribution in [3.63, 3.8) is 0 Å². The van der Waals surface area contributed by atoms with Gasteiger partial charge in [-0.2, -0.15) is 0 Å². The minimum Gasteiger partial charge on any atom is -0.103 e. The Morgan fingerprint density at radius 2 is 2.40 bits per heavy atom. The Labute approximate surface area is 46.4 Å². The molecule has 0 aromatic carbocycles. The molecule has 0 atom stereocenters. The number of hydrogen-bond acceptors (Lipinski definition) is 0. The molecule has 0 N–H and O–H groups in total. The zero-order valence-electron chi connectivity index (χ0n) is 3.08. The third-order valence-corrected chi connectivity index (χ3v) is 0.936. The summed E-state index contributed by atoms with van der Waals surface area (Å²) in [5.41, 5.74) is 0. The van der Waals surface area contributed by atoms with E-state index in [0.29, 0.717) is 0 Å². The first-order valence-electron chi connectivity index (χ1n) is 1.58. The Balaban J connectivity index is 2.40. The molecule has 0 unspecified atom stereocenters. The van der Waals surface area contributed by atoms with Crippen LogP contribution in [-0.4, -0.2) is 4.43 Å². The fourth-order valence-electron chi connectivity index (χ4n) is 0.0772. The van der Waals surface area contributed by atoms with Gasteiger partial charge in [-0.25, -0.2) is 0 Å². The number of halogens is 1. The van der Waals surface area contributed by atoms with E-state index in [0.717, 1.165) is 6.42 Å². The van der Waals surface area contributed by atoms with Crippen molar-refractivity contribution in [1.82, 2.24) is 0 Å². The van der Waals surface area contributed by atoms with Gasteiger partial charge in [0.05, 0.1) is 0 Å². The number of alkyl halides is 1. The SMILES string of the molecule is C=CCCI. The molecule has 0 bridgehead atoms. The molecule has 0 radical (unpaired) electrons. The summed E-state index contributed by atoms with van der Waals surface area (Å²) in [6.45, 7) is 3.55. The lowest BCUT2D eigenvalue weighted by atomic mass is 10.5. The van der Waals surface area contributed by atoms with Crippen molar-refractivity contribution in [3.05, 3.63) is 12.7 Å². The van der Waals surface area contributed by atoms with E-state index in [-0.39, 0.29) is 0 Å². The fourth-order valence-corrected chi connectivity index (χ4v) is 0.518. The molecule has 0 saturated heterocycles. The van der Waals surface area contributed by atoms with Crippen molar-refractivity contribution in [2.24, 2.45) is 0 Å². The highest BCUT2D eigenvalue weighted by Gasteiger charge is 1.63. The van der Waals surface area contributed by atoms with E-state index in [4.69, 9.17) is 0 Å². The van der Waals surface area contributed by atoms with Gasteiger partial charge in [0.1, 0.15) is 0 Å². The maximum absolute atomic E-state index is 3.55. The van der Waals surface area contributed by atoms with Gasteiger partial charge in [-0.3, -0.25) is 0 Å². The fraction of sp³-hybridized carbons (Fsp3) is 0.500. The molecule has 0 aliphatic carbocycles. The van der Waals surface area contributed by atoms with Crippen molar-refractivity contribution in [2.45, 2.75) is 6.42 Å². The van der Waals surface area contributed by atoms with Crippen LogP contribution in [-0.2, 0) is 0 Å². The smallest absolute Gasteiger partial charge is 0.00298 e. The molecule has 30 valence electrons. The molecular formula is C4H7I. The molecule has 0 heterocycles. The number of rotatable bonds is 2. The van der Waals surface area contributed by atoms with Crippen LogP contribution < -0.4 is 0 Å². The van der Waals surface area contributed by atoms with Gasteiger partial charge < -0.3 is 0 Å². The van der Waals surface area contributed by atoms with Crippen LogP contribution in [0.5, 0.6) is 0 Å². The summed E-state index contributed by atoms with van der Waals surface area (Å²) < 4.78 is 1.20. The molecule has 0 nitrogen and oxygen atoms in total. The van der Waals surface area contributed by atoms with Gasteiger partial charge in [-0.15, -0.1) is 6.58 Å². The third kappa shape index (κ3) is 4.47. The number of hydrogen-bond donors (Lipinski definition) is 0. The van der Waals surface area contributed by atoms with Gasteiger partial charge in [-0.05, 0) is 6.42 Å². The van der Waals surface area contributed by atoms with Crippen LogP contribution in [0.2, 0.25) is 0 Å². The summed E-state index contributed by atoms with van der Waals surface area (Å²) >= 11 is 2.32. The van der Waals surface area contributed by atoms with Gasteiger partial charge in [0.15, 0.2) is 0 Å². The summed E-state index contributed by atoms with van der Waals surface area (Å²) in [4.78, 5) is 0. The lowest BCUT2D eigenvalue weighted by Gasteiger charge is -1.71. The third-order valence-electron chi connectivity index (χ3n) is 0.313. The highest BCUT2D eigenvalue weighted by Crippen LogP contribution is 1.85. The molecule has 1 heteroatoms. The van der Waals surface area contributed by atoms with Crippen LogP contribution in [0, 0.1) is 0 Å². The van der Waals surface area contributed by atoms with E-state index < -0.39 is 0 Å². The molecule has 0 spiro atoms. The highest BCUT2D eigenvalue weighted by atomic mass is 127. The molecule has 0 amide bonds. The summed E-state index contributed by atoms with van der Waals surface area (Å²) in [6.07, 6.45) is 3.06. The second-order valence-corrected chi connectivity index (χ2v) is 1.85. The van der Waals surface area contributed by atoms with Gasteiger partial charge in [-0.1, -0.05) is 28.7 Å². The second kappa shape index (κ2) is 4.47. The Kier molecular flexibility index (Phi) is 4.89. The molecular weight excluding hydrogens is 175 g/mol. The maximum Gasteiger partial charge on any atom is 0.00298 e. The minimum atomic E-state index is 1.14. The van der Waals surface area contributed by atoms with E-state index in [2.05, 4.69) is 29.2 Å². The van der Waals surface area contributed by atoms with E-state index in [1.165, 1.54) is 4.43 Å². The summed E-state index contributed by atoms with van der Waals surface area (Å²) in [5, 5.41) is 0. The zero-order chi connectivity index (χ0) is 4.12. The van der Waals surface area contributed by atoms with E-state index in [1.54, 1.807) is 0 Å². The average molecular weight is 182 g/mol. The molecule has 0 saturated carbocycles. The number of allylic oxidation sites excluding steroid dienone is 1. The monoisotopic (exact) mass is 182 g/mol. The van der Waals surface area contributed by atoms with Crippen molar-refractivity contribution in [3.8, 4) is 0 Å². The molecule has 0 rings (SSSR count). The van der Waals surface area contributed by atoms with Crippen LogP contribution in [0.4, 0.5) is 0 Å². The van der Waals surface area contributed by atoms with Crippen LogP contribution in [0.25, 0.3) is 0 Å². The first-order valence-corrected chi connectivity index (χ1v) is 3.11. The topological polar surface area (TPSA) is 0 Å². The normalized spacial score (nSPS) is 7.40. The lowest BCUT2D eigenvalue weighted by molar-refractivity contribution is 1.29. The highest BCUT2D eigenvalue weighted by molar-refractivity contribution is 14.1. The van der Waals surface area contributed by atoms with Gasteiger partial charge in [0, 0.05) is 4.43 Å². The predicted octanol–water partition coefficient (Wildman–Crippen LogP) is 2.00. The van der Waals surface area contributed by atoms with Gasteiger partial charge in [0.2, 0.25) is 0 Å². The van der Waals surface area contributed by atoms with Crippen LogP contribution in [0.3, 0.4) is 0 Å². The largest absolute Gasteiger partial charge is 0.103 e. The zero-order valence-corrected chi connectivity index (χ0v) is 5.23. The van der Waals surface area contributed by atoms with E-state index in [9.17, 15) is 0 Å². The average Bonchev–Trinajstić information content (AvgIpc) is 1.41. The van der Waals surface area contributed by atoms with Crippen molar-refractivity contribution < 1.29 is 0 Å². The maximum atomic E-state index is 3.55. The van der Waals surface area contributed by atoms with Crippen molar-refractivity contribution in [2.75, 3.05) is 4.43 Å². The Morgan fingerprint density at radius 3 is 2.40 bits per heavy atom. The van der Waals surface area contributed by atoms with Crippen LogP contribution >= 0.6 is 22.6 Å². The summed E-state index contributed by atoms with van der Waals surface area (Å²) in [6, 6.07) is 0. The molecule has 0 aliphatic rings. The Morgan fingerprint density at radius 1 is 1.80 bits per heavy atom. The molecule has 0 aromatic rings. The first-order chi connectivity index (χ1) is 2.41. The van der Waals surface area contributed by atoms with Crippen LogP contribution in [0.15, 0.2) is 12.7 Å². The van der Waals surface area contributed by atoms with Gasteiger partial charge in [0.25, 0.3) is 0 Å². The Bertz CT molecular complexity index is 24.8. The Hall–Kier alpha value is 0.470. The molecule has 5 heavy (non-hydrogen) atoms. The predicted molar refractivity (Wildman–Crippen MR) is 33.7 cm³/mol. The molecule has 0 fully saturated rings. The van der Waals surface area contributed by atoms with Crippen molar-refractivity contribution in [1.29, 1.82) is 0 Å².